The van der Waals surface area contributed by atoms with Crippen LogP contribution in [0.15, 0.2) is 0 Å². The fourth-order valence-corrected chi connectivity index (χ4v) is 1.39. The molecule has 0 radical (unpaired) electrons. The van der Waals surface area contributed by atoms with Gasteiger partial charge in [-0.25, -0.2) is 0 Å². The molecule has 7 heteroatoms. The predicted octanol–water partition coefficient (Wildman–Crippen LogP) is 0.000400. The monoisotopic (exact) mass is 276 g/mol. The van der Waals surface area contributed by atoms with Gasteiger partial charge in [0.1, 0.15) is 6.61 Å². The summed E-state index contributed by atoms with van der Waals surface area (Å²) in [5.41, 5.74) is 0. The summed E-state index contributed by atoms with van der Waals surface area (Å²) in [7, 11) is 0. The Bertz CT molecular complexity index is 214. The van der Waals surface area contributed by atoms with Gasteiger partial charge >= 0.3 is 6.47 Å². The molecular formula is C12H24N2O5. The van der Waals surface area contributed by atoms with Gasteiger partial charge in [-0.1, -0.05) is 6.92 Å². The molecule has 0 spiro atoms. The van der Waals surface area contributed by atoms with Crippen molar-refractivity contribution in [1.29, 1.82) is 0 Å². The molecule has 0 aromatic heterocycles. The van der Waals surface area contributed by atoms with Crippen LogP contribution in [-0.2, 0) is 24.1 Å². The van der Waals surface area contributed by atoms with E-state index in [4.69, 9.17) is 0 Å². The molecule has 0 fully saturated rings. The molecule has 0 saturated carbocycles. The summed E-state index contributed by atoms with van der Waals surface area (Å²) in [5, 5.41) is 6.58. The normalized spacial score (nSPS) is 13.6. The summed E-state index contributed by atoms with van der Waals surface area (Å²) >= 11 is 0. The lowest BCUT2D eigenvalue weighted by molar-refractivity contribution is -0.262. The Balaban J connectivity index is 3.75. The van der Waals surface area contributed by atoms with E-state index in [2.05, 4.69) is 39.0 Å². The van der Waals surface area contributed by atoms with Crippen molar-refractivity contribution in [1.82, 2.24) is 10.6 Å². The van der Waals surface area contributed by atoms with Crippen molar-refractivity contribution in [3.63, 3.8) is 0 Å². The third-order valence-corrected chi connectivity index (χ3v) is 2.69. The van der Waals surface area contributed by atoms with Crippen molar-refractivity contribution in [3.05, 3.63) is 0 Å². The van der Waals surface area contributed by atoms with E-state index in [9.17, 15) is 9.59 Å². The first-order chi connectivity index (χ1) is 9.24. The highest BCUT2D eigenvalue weighted by Gasteiger charge is 2.09. The molecule has 2 N–H and O–H groups in total. The number of hydrogen-bond donors (Lipinski definition) is 2. The van der Waals surface area contributed by atoms with E-state index in [0.717, 1.165) is 19.5 Å². The molecule has 7 nitrogen and oxygen atoms in total. The maximum Gasteiger partial charge on any atom is 0.330 e. The van der Waals surface area contributed by atoms with Crippen LogP contribution in [-0.4, -0.2) is 51.3 Å². The summed E-state index contributed by atoms with van der Waals surface area (Å²) < 4.78 is 4.63. The molecular weight excluding hydrogens is 252 g/mol. The fraction of sp³-hybridized carbons (Fsp3) is 0.833. The topological polar surface area (TPSA) is 85.9 Å². The molecule has 0 heterocycles. The molecule has 19 heavy (non-hydrogen) atoms. The molecule has 0 aliphatic carbocycles. The van der Waals surface area contributed by atoms with Gasteiger partial charge in [-0.15, -0.1) is 0 Å². The van der Waals surface area contributed by atoms with Gasteiger partial charge in [-0.3, -0.25) is 9.59 Å². The first-order valence-electron chi connectivity index (χ1n) is 6.48. The number of nitrogens with one attached hydrogen (secondary N) is 2. The Morgan fingerprint density at radius 1 is 1.16 bits per heavy atom. The van der Waals surface area contributed by atoms with Gasteiger partial charge in [0.25, 0.3) is 6.47 Å². The van der Waals surface area contributed by atoms with Crippen LogP contribution in [0.25, 0.3) is 0 Å². The number of ether oxygens (including phenoxy) is 1. The van der Waals surface area contributed by atoms with Gasteiger partial charge in [-0.2, -0.15) is 4.89 Å². The maximum atomic E-state index is 10.1. The molecule has 112 valence electrons. The highest BCUT2D eigenvalue weighted by molar-refractivity contribution is 5.36. The quantitative estimate of drug-likeness (QED) is 0.200. The van der Waals surface area contributed by atoms with Crippen LogP contribution < -0.4 is 10.6 Å². The average Bonchev–Trinajstić information content (AvgIpc) is 2.43. The third-order valence-electron chi connectivity index (χ3n) is 2.69. The van der Waals surface area contributed by atoms with Gasteiger partial charge in [0.2, 0.25) is 0 Å². The molecule has 0 amide bonds. The second kappa shape index (κ2) is 13.3. The largest absolute Gasteiger partial charge is 0.468 e. The number of rotatable bonds is 14. The van der Waals surface area contributed by atoms with Gasteiger partial charge in [0.05, 0.1) is 6.61 Å². The number of carbonyl (C=O) groups excluding carboxylic acids is 2. The van der Waals surface area contributed by atoms with Crippen molar-refractivity contribution in [3.8, 4) is 0 Å². The number of carbonyl (C=O) groups is 2. The molecule has 0 aromatic carbocycles. The average molecular weight is 276 g/mol. The zero-order chi connectivity index (χ0) is 14.3. The first kappa shape index (κ1) is 17.8. The Hall–Kier alpha value is -1.18. The summed E-state index contributed by atoms with van der Waals surface area (Å²) in [6, 6.07) is 0.437. The van der Waals surface area contributed by atoms with E-state index in [0.29, 0.717) is 25.5 Å². The van der Waals surface area contributed by atoms with E-state index >= 15 is 0 Å². The molecule has 2 unspecified atom stereocenters. The van der Waals surface area contributed by atoms with E-state index in [1.165, 1.54) is 0 Å². The van der Waals surface area contributed by atoms with E-state index in [1.54, 1.807) is 0 Å². The molecule has 0 rings (SSSR count). The van der Waals surface area contributed by atoms with Crippen LogP contribution in [0.3, 0.4) is 0 Å². The van der Waals surface area contributed by atoms with Crippen LogP contribution in [0, 0.1) is 0 Å². The van der Waals surface area contributed by atoms with Crippen molar-refractivity contribution in [2.24, 2.45) is 0 Å². The predicted molar refractivity (Wildman–Crippen MR) is 69.3 cm³/mol. The number of hydrogen-bond acceptors (Lipinski definition) is 7. The third kappa shape index (κ3) is 11.6. The van der Waals surface area contributed by atoms with Crippen molar-refractivity contribution >= 4 is 12.9 Å². The lowest BCUT2D eigenvalue weighted by Gasteiger charge is -2.18. The second-order valence-corrected chi connectivity index (χ2v) is 4.15. The van der Waals surface area contributed by atoms with E-state index in [1.807, 2.05) is 0 Å². The van der Waals surface area contributed by atoms with Gasteiger partial charge in [0.15, 0.2) is 0 Å². The lowest BCUT2D eigenvalue weighted by Crippen LogP contribution is -2.40. The van der Waals surface area contributed by atoms with Crippen molar-refractivity contribution < 1.29 is 24.1 Å². The molecule has 0 bridgehead atoms. The maximum absolute atomic E-state index is 10.1. The minimum absolute atomic E-state index is 0.0429. The van der Waals surface area contributed by atoms with Crippen LogP contribution in [0.4, 0.5) is 0 Å². The molecule has 0 aliphatic heterocycles. The summed E-state index contributed by atoms with van der Waals surface area (Å²) in [6.07, 6.45) is 1.66. The van der Waals surface area contributed by atoms with Gasteiger partial charge < -0.3 is 20.3 Å². The molecule has 0 saturated heterocycles. The van der Waals surface area contributed by atoms with Crippen LogP contribution in [0.2, 0.25) is 0 Å². The van der Waals surface area contributed by atoms with Crippen LogP contribution in [0.5, 0.6) is 0 Å². The Morgan fingerprint density at radius 3 is 2.53 bits per heavy atom. The van der Waals surface area contributed by atoms with Crippen molar-refractivity contribution in [2.75, 3.05) is 26.3 Å². The smallest absolute Gasteiger partial charge is 0.330 e. The van der Waals surface area contributed by atoms with Crippen molar-refractivity contribution in [2.45, 2.75) is 38.8 Å². The van der Waals surface area contributed by atoms with Gasteiger partial charge in [0, 0.05) is 25.2 Å². The minimum atomic E-state index is -0.0429. The standard InChI is InChI=1S/C12H24N2O5/c1-3-11(2)13-5-6-14-12(4-7-17-9-15)8-18-19-10-16/h9-14H,3-8H2,1-2H3. The van der Waals surface area contributed by atoms with Crippen LogP contribution in [0.1, 0.15) is 26.7 Å². The second-order valence-electron chi connectivity index (χ2n) is 4.15. The summed E-state index contributed by atoms with van der Waals surface area (Å²) in [4.78, 5) is 28.9. The molecule has 0 aromatic rings. The summed E-state index contributed by atoms with van der Waals surface area (Å²) in [6.45, 7) is 6.96. The minimum Gasteiger partial charge on any atom is -0.468 e. The molecule has 2 atom stereocenters. The van der Waals surface area contributed by atoms with Crippen LogP contribution >= 0.6 is 0 Å². The Labute approximate surface area is 113 Å². The fourth-order valence-electron chi connectivity index (χ4n) is 1.39. The zero-order valence-corrected chi connectivity index (χ0v) is 11.6. The Kier molecular flexibility index (Phi) is 12.4. The van der Waals surface area contributed by atoms with E-state index in [-0.39, 0.29) is 19.1 Å². The van der Waals surface area contributed by atoms with Gasteiger partial charge in [-0.05, 0) is 19.8 Å². The van der Waals surface area contributed by atoms with E-state index < -0.39 is 0 Å². The molecule has 0 aliphatic rings. The lowest BCUT2D eigenvalue weighted by atomic mass is 10.2. The highest BCUT2D eigenvalue weighted by atomic mass is 17.2. The highest BCUT2D eigenvalue weighted by Crippen LogP contribution is 1.94. The SMILES string of the molecule is CCC(C)NCCNC(CCOC=O)COOC=O. The zero-order valence-electron chi connectivity index (χ0n) is 11.6. The Morgan fingerprint density at radius 2 is 1.89 bits per heavy atom. The first-order valence-corrected chi connectivity index (χ1v) is 6.48. The summed E-state index contributed by atoms with van der Waals surface area (Å²) in [5.74, 6) is 0.